The van der Waals surface area contributed by atoms with E-state index in [-0.39, 0.29) is 36.0 Å². The number of hydrogen-bond acceptors (Lipinski definition) is 6. The van der Waals surface area contributed by atoms with Crippen molar-refractivity contribution in [3.8, 4) is 11.5 Å². The zero-order chi connectivity index (χ0) is 29.5. The van der Waals surface area contributed by atoms with Crippen LogP contribution in [-0.4, -0.2) is 45.9 Å². The van der Waals surface area contributed by atoms with E-state index in [0.717, 1.165) is 5.56 Å². The number of nitro benzene ring substituents is 1. The number of carboxylic acid groups (broad SMARTS) is 1. The first-order chi connectivity index (χ1) is 19.7. The minimum atomic E-state index is -1.25. The maximum Gasteiger partial charge on any atom is 0.335 e. The van der Waals surface area contributed by atoms with Crippen LogP contribution in [0.2, 0.25) is 0 Å². The van der Waals surface area contributed by atoms with Gasteiger partial charge in [-0.15, -0.1) is 0 Å². The van der Waals surface area contributed by atoms with Gasteiger partial charge in [-0.25, -0.2) is 9.59 Å². The molecule has 4 rings (SSSR count). The second-order valence-electron chi connectivity index (χ2n) is 9.58. The summed E-state index contributed by atoms with van der Waals surface area (Å²) in [6.07, 6.45) is 0.320. The van der Waals surface area contributed by atoms with Gasteiger partial charge in [0.15, 0.2) is 0 Å². The van der Waals surface area contributed by atoms with Crippen LogP contribution < -0.4 is 15.4 Å². The second-order valence-corrected chi connectivity index (χ2v) is 9.58. The topological polar surface area (TPSA) is 151 Å². The van der Waals surface area contributed by atoms with Crippen molar-refractivity contribution in [1.29, 1.82) is 0 Å². The molecule has 3 aromatic carbocycles. The molecule has 11 heteroatoms. The minimum absolute atomic E-state index is 0.0830. The number of amides is 3. The monoisotopic (exact) mass is 558 g/mol. The van der Waals surface area contributed by atoms with Crippen LogP contribution in [0.25, 0.3) is 0 Å². The molecular weight excluding hydrogens is 528 g/mol. The Morgan fingerprint density at radius 3 is 2.49 bits per heavy atom. The Balaban J connectivity index is 1.41. The van der Waals surface area contributed by atoms with Gasteiger partial charge in [0.25, 0.3) is 5.69 Å². The number of nitrogens with zero attached hydrogens (tertiary/aromatic N) is 2. The lowest BCUT2D eigenvalue weighted by Gasteiger charge is -2.37. The third kappa shape index (κ3) is 6.88. The molecule has 11 nitrogen and oxygen atoms in total. The van der Waals surface area contributed by atoms with Gasteiger partial charge in [0.2, 0.25) is 5.91 Å². The summed E-state index contributed by atoms with van der Waals surface area (Å²) in [6, 6.07) is 20.6. The van der Waals surface area contributed by atoms with Gasteiger partial charge in [-0.2, -0.15) is 0 Å². The quantitative estimate of drug-likeness (QED) is 0.168. The number of nitrogens with one attached hydrogen (secondary N) is 2. The minimum Gasteiger partial charge on any atom is -0.478 e. The highest BCUT2D eigenvalue weighted by Gasteiger charge is 2.38. The van der Waals surface area contributed by atoms with Gasteiger partial charge in [0, 0.05) is 30.9 Å². The number of rotatable bonds is 11. The zero-order valence-electron chi connectivity index (χ0n) is 22.6. The van der Waals surface area contributed by atoms with E-state index in [9.17, 15) is 29.6 Å². The van der Waals surface area contributed by atoms with Crippen LogP contribution in [0.4, 0.5) is 10.5 Å². The highest BCUT2D eigenvalue weighted by Crippen LogP contribution is 2.35. The van der Waals surface area contributed by atoms with Crippen molar-refractivity contribution in [2.75, 3.05) is 13.1 Å². The van der Waals surface area contributed by atoms with Crippen molar-refractivity contribution in [3.05, 3.63) is 111 Å². The van der Waals surface area contributed by atoms with Crippen LogP contribution in [0.3, 0.4) is 0 Å². The van der Waals surface area contributed by atoms with Crippen molar-refractivity contribution in [2.24, 2.45) is 0 Å². The molecule has 0 aliphatic carbocycles. The van der Waals surface area contributed by atoms with E-state index in [0.29, 0.717) is 23.5 Å². The highest BCUT2D eigenvalue weighted by molar-refractivity contribution is 5.93. The third-order valence-electron chi connectivity index (χ3n) is 6.78. The van der Waals surface area contributed by atoms with Crippen LogP contribution in [0.15, 0.2) is 90.1 Å². The molecule has 212 valence electrons. The molecule has 0 radical (unpaired) electrons. The molecule has 2 atom stereocenters. The van der Waals surface area contributed by atoms with E-state index in [1.807, 2.05) is 48.5 Å². The largest absolute Gasteiger partial charge is 0.478 e. The summed E-state index contributed by atoms with van der Waals surface area (Å²) in [4.78, 5) is 50.0. The molecule has 3 amide bonds. The van der Waals surface area contributed by atoms with E-state index in [4.69, 9.17) is 4.74 Å². The van der Waals surface area contributed by atoms with Crippen LogP contribution in [0.1, 0.15) is 43.4 Å². The molecule has 1 aliphatic heterocycles. The predicted molar refractivity (Wildman–Crippen MR) is 150 cm³/mol. The Hall–Kier alpha value is -5.19. The zero-order valence-corrected chi connectivity index (χ0v) is 22.6. The van der Waals surface area contributed by atoms with Crippen LogP contribution in [-0.2, 0) is 9.59 Å². The molecule has 3 aromatic rings. The van der Waals surface area contributed by atoms with E-state index in [2.05, 4.69) is 10.6 Å². The van der Waals surface area contributed by atoms with Crippen LogP contribution in [0, 0.1) is 10.1 Å². The Labute approximate surface area is 236 Å². The maximum atomic E-state index is 12.9. The molecule has 0 saturated carbocycles. The summed E-state index contributed by atoms with van der Waals surface area (Å²) in [7, 11) is 0. The Morgan fingerprint density at radius 1 is 1.07 bits per heavy atom. The summed E-state index contributed by atoms with van der Waals surface area (Å²) in [5.74, 6) is -0.654. The van der Waals surface area contributed by atoms with Gasteiger partial charge in [-0.1, -0.05) is 42.5 Å². The van der Waals surface area contributed by atoms with E-state index in [1.54, 1.807) is 19.1 Å². The number of non-ortho nitro benzene ring substituents is 1. The fraction of sp³-hybridized carbons (Fsp3) is 0.233. The number of nitro groups is 1. The Bertz CT molecular complexity index is 1490. The SMILES string of the molecule is CC1=C(C(=O)O)C(c2cccc([N+](=O)[O-])c2)N(CCCNC(=O)C(C)c2cccc(Oc3ccccc3)c2)C(=O)N1. The third-order valence-corrected chi connectivity index (χ3v) is 6.78. The van der Waals surface area contributed by atoms with Crippen molar-refractivity contribution in [2.45, 2.75) is 32.2 Å². The maximum absolute atomic E-state index is 12.9. The fourth-order valence-electron chi connectivity index (χ4n) is 4.68. The number of ether oxygens (including phenoxy) is 1. The number of urea groups is 1. The molecular formula is C30H30N4O7. The lowest BCUT2D eigenvalue weighted by Crippen LogP contribution is -2.49. The van der Waals surface area contributed by atoms with Crippen LogP contribution in [0.5, 0.6) is 11.5 Å². The van der Waals surface area contributed by atoms with Crippen molar-refractivity contribution in [3.63, 3.8) is 0 Å². The van der Waals surface area contributed by atoms with E-state index in [1.165, 1.54) is 30.0 Å². The fourth-order valence-corrected chi connectivity index (χ4v) is 4.68. The second kappa shape index (κ2) is 12.8. The smallest absolute Gasteiger partial charge is 0.335 e. The normalized spacial score (nSPS) is 15.6. The average molecular weight is 559 g/mol. The van der Waals surface area contributed by atoms with E-state index >= 15 is 0 Å². The molecule has 0 saturated heterocycles. The number of hydrogen-bond donors (Lipinski definition) is 3. The number of benzene rings is 3. The standard InChI is InChI=1S/C30H30N4O7/c1-19(21-9-7-14-25(18-21)41-24-12-4-3-5-13-24)28(35)31-15-8-16-33-27(22-10-6-11-23(17-22)34(39)40)26(29(36)37)20(2)32-30(33)38/h3-7,9-14,17-19,27H,8,15-16H2,1-2H3,(H,31,35)(H,32,38)(H,36,37). The van der Waals surface area contributed by atoms with E-state index < -0.39 is 28.9 Å². The lowest BCUT2D eigenvalue weighted by atomic mass is 9.93. The predicted octanol–water partition coefficient (Wildman–Crippen LogP) is 5.12. The summed E-state index contributed by atoms with van der Waals surface area (Å²) in [5, 5.41) is 26.7. The summed E-state index contributed by atoms with van der Waals surface area (Å²) >= 11 is 0. The Morgan fingerprint density at radius 2 is 1.78 bits per heavy atom. The molecule has 0 spiro atoms. The summed E-state index contributed by atoms with van der Waals surface area (Å²) in [5.41, 5.74) is 0.941. The first kappa shape index (κ1) is 28.8. The van der Waals surface area contributed by atoms with Gasteiger partial charge in [-0.3, -0.25) is 14.9 Å². The highest BCUT2D eigenvalue weighted by atomic mass is 16.6. The number of carbonyl (C=O) groups excluding carboxylic acids is 2. The van der Waals surface area contributed by atoms with Gasteiger partial charge in [0.1, 0.15) is 11.5 Å². The number of aliphatic carboxylic acids is 1. The molecule has 0 fully saturated rings. The van der Waals surface area contributed by atoms with Crippen LogP contribution >= 0.6 is 0 Å². The van der Waals surface area contributed by atoms with Gasteiger partial charge in [0.05, 0.1) is 22.5 Å². The number of carboxylic acids is 1. The molecule has 1 aliphatic rings. The number of carbonyl (C=O) groups is 3. The number of para-hydroxylation sites is 1. The first-order valence-electron chi connectivity index (χ1n) is 13.0. The van der Waals surface area contributed by atoms with Crippen molar-refractivity contribution in [1.82, 2.24) is 15.5 Å². The molecule has 2 unspecified atom stereocenters. The molecule has 1 heterocycles. The first-order valence-corrected chi connectivity index (χ1v) is 13.0. The van der Waals surface area contributed by atoms with Gasteiger partial charge < -0.3 is 25.4 Å². The average Bonchev–Trinajstić information content (AvgIpc) is 2.95. The van der Waals surface area contributed by atoms with Gasteiger partial charge in [-0.05, 0) is 55.7 Å². The molecule has 0 bridgehead atoms. The number of allylic oxidation sites excluding steroid dienone is 1. The molecule has 41 heavy (non-hydrogen) atoms. The van der Waals surface area contributed by atoms with Crippen molar-refractivity contribution < 1.29 is 29.2 Å². The molecule has 3 N–H and O–H groups in total. The molecule has 0 aromatic heterocycles. The summed E-state index contributed by atoms with van der Waals surface area (Å²) in [6.45, 7) is 3.57. The lowest BCUT2D eigenvalue weighted by molar-refractivity contribution is -0.384. The van der Waals surface area contributed by atoms with Gasteiger partial charge >= 0.3 is 12.0 Å². The summed E-state index contributed by atoms with van der Waals surface area (Å²) < 4.78 is 5.87. The Kier molecular flexibility index (Phi) is 8.98. The van der Waals surface area contributed by atoms with Crippen molar-refractivity contribution >= 4 is 23.6 Å².